The molecule has 0 fully saturated rings. The molecule has 0 heterocycles. The van der Waals surface area contributed by atoms with Gasteiger partial charge in [0.1, 0.15) is 0 Å². The van der Waals surface area contributed by atoms with Crippen molar-refractivity contribution in [2.45, 2.75) is 13.8 Å². The smallest absolute Gasteiger partial charge is 0.272 e. The Morgan fingerprint density at radius 2 is 1.90 bits per heavy atom. The van der Waals surface area contributed by atoms with Crippen LogP contribution in [0.3, 0.4) is 0 Å². The Bertz CT molecular complexity index is 557. The molecule has 0 saturated carbocycles. The molecule has 0 bridgehead atoms. The molecule has 0 radical (unpaired) electrons. The lowest BCUT2D eigenvalue weighted by Crippen LogP contribution is -2.36. The number of aryl methyl sites for hydroxylation is 2. The van der Waals surface area contributed by atoms with Crippen LogP contribution < -0.4 is 16.4 Å². The minimum absolute atomic E-state index is 0.00284. The van der Waals surface area contributed by atoms with Crippen molar-refractivity contribution in [3.8, 4) is 0 Å². The molecule has 8 nitrogen and oxygen atoms in total. The molecule has 108 valence electrons. The van der Waals surface area contributed by atoms with Crippen molar-refractivity contribution >= 4 is 23.2 Å². The van der Waals surface area contributed by atoms with Gasteiger partial charge in [0, 0.05) is 17.3 Å². The van der Waals surface area contributed by atoms with Gasteiger partial charge in [0.05, 0.1) is 18.0 Å². The van der Waals surface area contributed by atoms with E-state index in [1.165, 1.54) is 12.1 Å². The monoisotopic (exact) mass is 280 g/mol. The van der Waals surface area contributed by atoms with E-state index in [1.54, 1.807) is 13.8 Å². The van der Waals surface area contributed by atoms with Crippen molar-refractivity contribution in [1.29, 1.82) is 0 Å². The number of rotatable bonds is 5. The summed E-state index contributed by atoms with van der Waals surface area (Å²) in [5, 5.41) is 15.7. The fourth-order valence-corrected chi connectivity index (χ4v) is 1.58. The van der Waals surface area contributed by atoms with E-state index in [1.807, 2.05) is 0 Å². The van der Waals surface area contributed by atoms with Gasteiger partial charge in [-0.25, -0.2) is 0 Å². The maximum Gasteiger partial charge on any atom is 0.272 e. The van der Waals surface area contributed by atoms with Crippen LogP contribution in [-0.2, 0) is 9.59 Å². The largest absolute Gasteiger partial charge is 0.346 e. The number of carbonyl (C=O) groups excluding carboxylic acids is 2. The van der Waals surface area contributed by atoms with E-state index in [2.05, 4.69) is 10.6 Å². The van der Waals surface area contributed by atoms with Gasteiger partial charge in [0.15, 0.2) is 0 Å². The van der Waals surface area contributed by atoms with Gasteiger partial charge >= 0.3 is 0 Å². The molecule has 0 aliphatic carbocycles. The fraction of sp³-hybridized carbons (Fsp3) is 0.333. The first-order valence-electron chi connectivity index (χ1n) is 5.87. The topological polar surface area (TPSA) is 127 Å². The molecule has 0 saturated heterocycles. The van der Waals surface area contributed by atoms with Gasteiger partial charge in [-0.3, -0.25) is 19.7 Å². The third-order valence-electron chi connectivity index (χ3n) is 2.65. The third-order valence-corrected chi connectivity index (χ3v) is 2.65. The first kappa shape index (κ1) is 15.6. The predicted octanol–water partition coefficient (Wildman–Crippen LogP) is 0.225. The van der Waals surface area contributed by atoms with Gasteiger partial charge in [0.2, 0.25) is 11.8 Å². The van der Waals surface area contributed by atoms with Crippen molar-refractivity contribution in [3.05, 3.63) is 33.4 Å². The van der Waals surface area contributed by atoms with Gasteiger partial charge in [-0.05, 0) is 25.5 Å². The molecule has 1 aromatic rings. The molecule has 0 atom stereocenters. The summed E-state index contributed by atoms with van der Waals surface area (Å²) in [6.45, 7) is 2.85. The lowest BCUT2D eigenvalue weighted by molar-refractivity contribution is -0.385. The number of benzene rings is 1. The first-order valence-corrected chi connectivity index (χ1v) is 5.87. The van der Waals surface area contributed by atoms with Crippen LogP contribution in [0.25, 0.3) is 0 Å². The number of hydrogen-bond donors (Lipinski definition) is 3. The highest BCUT2D eigenvalue weighted by Gasteiger charge is 2.14. The molecule has 0 unspecified atom stereocenters. The van der Waals surface area contributed by atoms with Crippen LogP contribution in [0.15, 0.2) is 12.1 Å². The molecule has 0 spiro atoms. The molecule has 20 heavy (non-hydrogen) atoms. The van der Waals surface area contributed by atoms with Gasteiger partial charge in [0.25, 0.3) is 5.69 Å². The molecule has 1 rings (SSSR count). The summed E-state index contributed by atoms with van der Waals surface area (Å²) in [6, 6.07) is 2.92. The molecule has 4 N–H and O–H groups in total. The number of nitro benzene ring substituents is 1. The number of hydrogen-bond acceptors (Lipinski definition) is 5. The minimum atomic E-state index is -0.477. The molecule has 2 amide bonds. The number of nitrogens with one attached hydrogen (secondary N) is 2. The lowest BCUT2D eigenvalue weighted by Gasteiger charge is -2.10. The zero-order valence-electron chi connectivity index (χ0n) is 11.2. The van der Waals surface area contributed by atoms with Crippen LogP contribution in [0.1, 0.15) is 11.1 Å². The normalized spacial score (nSPS) is 9.95. The summed E-state index contributed by atoms with van der Waals surface area (Å²) in [5.74, 6) is -0.861. The van der Waals surface area contributed by atoms with E-state index < -0.39 is 16.7 Å². The number of carbonyl (C=O) groups is 2. The highest BCUT2D eigenvalue weighted by Crippen LogP contribution is 2.25. The molecular formula is C12H16N4O4. The van der Waals surface area contributed by atoms with Gasteiger partial charge in [-0.1, -0.05) is 0 Å². The zero-order chi connectivity index (χ0) is 15.3. The highest BCUT2D eigenvalue weighted by molar-refractivity contribution is 5.95. The summed E-state index contributed by atoms with van der Waals surface area (Å²) >= 11 is 0. The van der Waals surface area contributed by atoms with E-state index >= 15 is 0 Å². The summed E-state index contributed by atoms with van der Waals surface area (Å²) in [6.07, 6.45) is 0. The van der Waals surface area contributed by atoms with Crippen molar-refractivity contribution in [3.63, 3.8) is 0 Å². The van der Waals surface area contributed by atoms with Crippen LogP contribution in [0.4, 0.5) is 11.4 Å². The van der Waals surface area contributed by atoms with Crippen molar-refractivity contribution in [2.75, 3.05) is 18.4 Å². The van der Waals surface area contributed by atoms with Gasteiger partial charge in [-0.2, -0.15) is 0 Å². The Morgan fingerprint density at radius 3 is 2.45 bits per heavy atom. The molecule has 1 aromatic carbocycles. The first-order chi connectivity index (χ1) is 9.35. The Kier molecular flexibility index (Phi) is 5.15. The van der Waals surface area contributed by atoms with E-state index in [0.717, 1.165) is 0 Å². The van der Waals surface area contributed by atoms with Crippen molar-refractivity contribution in [2.24, 2.45) is 5.73 Å². The SMILES string of the molecule is Cc1cc([N+](=O)[O-])c(C)cc1NC(=O)CNC(=O)CN. The molecule has 8 heteroatoms. The molecule has 0 aliphatic rings. The molecular weight excluding hydrogens is 264 g/mol. The summed E-state index contributed by atoms with van der Waals surface area (Å²) < 4.78 is 0. The van der Waals surface area contributed by atoms with Crippen molar-refractivity contribution < 1.29 is 14.5 Å². The standard InChI is InChI=1S/C12H16N4O4/c1-7-4-10(16(19)20)8(2)3-9(7)15-12(18)6-14-11(17)5-13/h3-4H,5-6,13H2,1-2H3,(H,14,17)(H,15,18). The average molecular weight is 280 g/mol. The summed E-state index contributed by atoms with van der Waals surface area (Å²) in [4.78, 5) is 32.8. The van der Waals surface area contributed by atoms with E-state index in [0.29, 0.717) is 16.8 Å². The van der Waals surface area contributed by atoms with Gasteiger partial charge < -0.3 is 16.4 Å². The van der Waals surface area contributed by atoms with Crippen LogP contribution >= 0.6 is 0 Å². The summed E-state index contributed by atoms with van der Waals surface area (Å²) in [7, 11) is 0. The van der Waals surface area contributed by atoms with E-state index in [4.69, 9.17) is 5.73 Å². The molecule has 0 aromatic heterocycles. The quantitative estimate of drug-likeness (QED) is 0.525. The Hall–Kier alpha value is -2.48. The number of nitrogens with two attached hydrogens (primary N) is 1. The number of nitro groups is 1. The van der Waals surface area contributed by atoms with E-state index in [-0.39, 0.29) is 18.8 Å². The van der Waals surface area contributed by atoms with E-state index in [9.17, 15) is 19.7 Å². The van der Waals surface area contributed by atoms with Crippen molar-refractivity contribution in [1.82, 2.24) is 5.32 Å². The zero-order valence-corrected chi connectivity index (χ0v) is 11.2. The average Bonchev–Trinajstić information content (AvgIpc) is 2.39. The third kappa shape index (κ3) is 4.02. The predicted molar refractivity (Wildman–Crippen MR) is 73.3 cm³/mol. The fourth-order valence-electron chi connectivity index (χ4n) is 1.58. The highest BCUT2D eigenvalue weighted by atomic mass is 16.6. The van der Waals surface area contributed by atoms with Crippen LogP contribution in [-0.4, -0.2) is 29.8 Å². The summed E-state index contributed by atoms with van der Waals surface area (Å²) in [5.41, 5.74) is 6.58. The second kappa shape index (κ2) is 6.62. The molecule has 0 aliphatic heterocycles. The van der Waals surface area contributed by atoms with Gasteiger partial charge in [-0.15, -0.1) is 0 Å². The Morgan fingerprint density at radius 1 is 1.25 bits per heavy atom. The van der Waals surface area contributed by atoms with Crippen LogP contribution in [0.5, 0.6) is 0 Å². The van der Waals surface area contributed by atoms with Crippen LogP contribution in [0, 0.1) is 24.0 Å². The lowest BCUT2D eigenvalue weighted by atomic mass is 10.1. The van der Waals surface area contributed by atoms with Crippen LogP contribution in [0.2, 0.25) is 0 Å². The Balaban J connectivity index is 2.78. The Labute approximate surface area is 115 Å². The minimum Gasteiger partial charge on any atom is -0.346 e. The number of amides is 2. The second-order valence-electron chi connectivity index (χ2n) is 4.24. The number of anilines is 1. The maximum absolute atomic E-state index is 11.6. The number of nitrogens with zero attached hydrogens (tertiary/aromatic N) is 1. The second-order valence-corrected chi connectivity index (χ2v) is 4.24. The maximum atomic E-state index is 11.6.